The molecule has 5 nitrogen and oxygen atoms in total. The van der Waals surface area contributed by atoms with E-state index in [9.17, 15) is 4.79 Å². The van der Waals surface area contributed by atoms with Crippen molar-refractivity contribution in [2.45, 2.75) is 13.8 Å². The second kappa shape index (κ2) is 8.39. The number of nitrogens with one attached hydrogen (secondary N) is 2. The lowest BCUT2D eigenvalue weighted by Crippen LogP contribution is -2.19. The first-order valence-corrected chi connectivity index (χ1v) is 7.51. The van der Waals surface area contributed by atoms with Crippen LogP contribution in [0.3, 0.4) is 0 Å². The molecule has 2 aromatic carbocycles. The van der Waals surface area contributed by atoms with Crippen LogP contribution in [0, 0.1) is 11.3 Å². The van der Waals surface area contributed by atoms with Crippen molar-refractivity contribution in [3.8, 4) is 11.8 Å². The summed E-state index contributed by atoms with van der Waals surface area (Å²) in [6, 6.07) is 15.5. The highest BCUT2D eigenvalue weighted by Crippen LogP contribution is 2.18. The molecule has 0 aliphatic heterocycles. The molecule has 0 atom stereocenters. The van der Waals surface area contributed by atoms with Gasteiger partial charge >= 0.3 is 6.03 Å². The first-order valence-electron chi connectivity index (χ1n) is 7.51. The van der Waals surface area contributed by atoms with Crippen molar-refractivity contribution in [3.63, 3.8) is 0 Å². The van der Waals surface area contributed by atoms with Crippen molar-refractivity contribution >= 4 is 17.4 Å². The normalized spacial score (nSPS) is 9.54. The zero-order valence-corrected chi connectivity index (χ0v) is 13.7. The van der Waals surface area contributed by atoms with E-state index in [4.69, 9.17) is 10.00 Å². The number of ether oxygens (including phenoxy) is 1. The quantitative estimate of drug-likeness (QED) is 0.794. The summed E-state index contributed by atoms with van der Waals surface area (Å²) in [7, 11) is 0. The Morgan fingerprint density at radius 1 is 1.12 bits per heavy atom. The number of carbonyl (C=O) groups is 1. The summed E-state index contributed by atoms with van der Waals surface area (Å²) >= 11 is 0. The van der Waals surface area contributed by atoms with Crippen molar-refractivity contribution in [1.82, 2.24) is 0 Å². The van der Waals surface area contributed by atoms with Crippen LogP contribution in [0.15, 0.2) is 60.2 Å². The maximum absolute atomic E-state index is 12.0. The highest BCUT2D eigenvalue weighted by atomic mass is 16.5. The molecule has 0 radical (unpaired) electrons. The molecule has 0 heterocycles. The number of hydrogen-bond donors (Lipinski definition) is 2. The molecule has 122 valence electrons. The monoisotopic (exact) mass is 321 g/mol. The summed E-state index contributed by atoms with van der Waals surface area (Å²) in [4.78, 5) is 12.0. The van der Waals surface area contributed by atoms with Crippen LogP contribution in [0.5, 0.6) is 5.75 Å². The van der Waals surface area contributed by atoms with Gasteiger partial charge in [0.05, 0.1) is 11.6 Å². The Kier molecular flexibility index (Phi) is 5.98. The number of amides is 2. The molecule has 2 N–H and O–H groups in total. The van der Waals surface area contributed by atoms with E-state index in [0.717, 1.165) is 0 Å². The molecule has 0 aromatic heterocycles. The fraction of sp³-hybridized carbons (Fsp3) is 0.158. The molecule has 0 fully saturated rings. The molecule has 2 rings (SSSR count). The van der Waals surface area contributed by atoms with E-state index >= 15 is 0 Å². The lowest BCUT2D eigenvalue weighted by Gasteiger charge is -2.09. The first-order chi connectivity index (χ1) is 11.6. The molecule has 24 heavy (non-hydrogen) atoms. The number of rotatable bonds is 5. The number of carbonyl (C=O) groups excluding carboxylic acids is 1. The Bertz CT molecular complexity index is 787. The summed E-state index contributed by atoms with van der Waals surface area (Å²) in [5, 5.41) is 14.3. The number of urea groups is 1. The highest BCUT2D eigenvalue weighted by Gasteiger charge is 2.04. The van der Waals surface area contributed by atoms with E-state index in [2.05, 4.69) is 10.6 Å². The van der Waals surface area contributed by atoms with Gasteiger partial charge in [0.25, 0.3) is 0 Å². The molecular formula is C19H19N3O2. The Labute approximate surface area is 141 Å². The molecule has 0 aliphatic carbocycles. The molecule has 2 amide bonds. The predicted octanol–water partition coefficient (Wildman–Crippen LogP) is 4.55. The van der Waals surface area contributed by atoms with Gasteiger partial charge in [-0.3, -0.25) is 0 Å². The fourth-order valence-electron chi connectivity index (χ4n) is 1.93. The minimum absolute atomic E-state index is 0.383. The van der Waals surface area contributed by atoms with E-state index < -0.39 is 0 Å². The van der Waals surface area contributed by atoms with Crippen LogP contribution in [-0.2, 0) is 0 Å². The SMILES string of the molecule is CC(C)=CCOc1cccc(NC(=O)Nc2cccc(C#N)c2)c1. The largest absolute Gasteiger partial charge is 0.489 e. The molecule has 0 spiro atoms. The van der Waals surface area contributed by atoms with E-state index in [1.807, 2.05) is 38.1 Å². The summed E-state index contributed by atoms with van der Waals surface area (Å²) < 4.78 is 5.60. The minimum Gasteiger partial charge on any atom is -0.489 e. The number of anilines is 2. The van der Waals surface area contributed by atoms with Crippen LogP contribution in [0.4, 0.5) is 16.2 Å². The van der Waals surface area contributed by atoms with Crippen molar-refractivity contribution in [3.05, 3.63) is 65.7 Å². The van der Waals surface area contributed by atoms with Crippen LogP contribution in [0.25, 0.3) is 0 Å². The topological polar surface area (TPSA) is 74.2 Å². The average Bonchev–Trinajstić information content (AvgIpc) is 2.55. The zero-order chi connectivity index (χ0) is 17.4. The van der Waals surface area contributed by atoms with Crippen LogP contribution >= 0.6 is 0 Å². The predicted molar refractivity (Wildman–Crippen MR) is 95.2 cm³/mol. The molecule has 0 bridgehead atoms. The average molecular weight is 321 g/mol. The molecule has 0 unspecified atom stereocenters. The smallest absolute Gasteiger partial charge is 0.323 e. The Morgan fingerprint density at radius 3 is 2.46 bits per heavy atom. The highest BCUT2D eigenvalue weighted by molar-refractivity contribution is 5.99. The number of nitriles is 1. The lowest BCUT2D eigenvalue weighted by molar-refractivity contribution is 0.262. The van der Waals surface area contributed by atoms with Gasteiger partial charge in [-0.25, -0.2) is 4.79 Å². The summed E-state index contributed by atoms with van der Waals surface area (Å²) in [6.07, 6.45) is 1.98. The molecule has 5 heteroatoms. The van der Waals surface area contributed by atoms with Crippen molar-refractivity contribution < 1.29 is 9.53 Å². The molecular weight excluding hydrogens is 302 g/mol. The van der Waals surface area contributed by atoms with E-state index in [1.165, 1.54) is 5.57 Å². The van der Waals surface area contributed by atoms with Crippen LogP contribution in [-0.4, -0.2) is 12.6 Å². The summed E-state index contributed by atoms with van der Waals surface area (Å²) in [6.45, 7) is 4.50. The van der Waals surface area contributed by atoms with Crippen LogP contribution in [0.2, 0.25) is 0 Å². The molecule has 2 aromatic rings. The number of hydrogen-bond acceptors (Lipinski definition) is 3. The first kappa shape index (κ1) is 17.1. The van der Waals surface area contributed by atoms with Crippen molar-refractivity contribution in [2.24, 2.45) is 0 Å². The summed E-state index contributed by atoms with van der Waals surface area (Å²) in [5.41, 5.74) is 2.85. The van der Waals surface area contributed by atoms with Gasteiger partial charge in [0.15, 0.2) is 0 Å². The summed E-state index contributed by atoms with van der Waals surface area (Å²) in [5.74, 6) is 0.678. The van der Waals surface area contributed by atoms with E-state index in [0.29, 0.717) is 29.3 Å². The number of benzene rings is 2. The molecule has 0 saturated heterocycles. The molecule has 0 aliphatic rings. The van der Waals surface area contributed by atoms with Gasteiger partial charge in [0, 0.05) is 17.4 Å². The Balaban J connectivity index is 1.96. The number of allylic oxidation sites excluding steroid dienone is 1. The molecule has 0 saturated carbocycles. The second-order valence-corrected chi connectivity index (χ2v) is 5.39. The number of nitrogens with zero attached hydrogens (tertiary/aromatic N) is 1. The second-order valence-electron chi connectivity index (χ2n) is 5.39. The Morgan fingerprint density at radius 2 is 1.79 bits per heavy atom. The van der Waals surface area contributed by atoms with Gasteiger partial charge < -0.3 is 15.4 Å². The van der Waals surface area contributed by atoms with Crippen molar-refractivity contribution in [2.75, 3.05) is 17.2 Å². The van der Waals surface area contributed by atoms with Gasteiger partial charge in [-0.1, -0.05) is 17.7 Å². The van der Waals surface area contributed by atoms with Gasteiger partial charge in [-0.2, -0.15) is 5.26 Å². The zero-order valence-electron chi connectivity index (χ0n) is 13.7. The third-order valence-electron chi connectivity index (χ3n) is 3.08. The van der Waals surface area contributed by atoms with Crippen LogP contribution < -0.4 is 15.4 Å². The third-order valence-corrected chi connectivity index (χ3v) is 3.08. The van der Waals surface area contributed by atoms with Gasteiger partial charge in [-0.15, -0.1) is 0 Å². The lowest BCUT2D eigenvalue weighted by atomic mass is 10.2. The van der Waals surface area contributed by atoms with Gasteiger partial charge in [0.1, 0.15) is 12.4 Å². The fourth-order valence-corrected chi connectivity index (χ4v) is 1.93. The minimum atomic E-state index is -0.383. The standard InChI is InChI=1S/C19H19N3O2/c1-14(2)9-10-24-18-8-4-7-17(12-18)22-19(23)21-16-6-3-5-15(11-16)13-20/h3-9,11-12H,10H2,1-2H3,(H2,21,22,23). The van der Waals surface area contributed by atoms with E-state index in [-0.39, 0.29) is 6.03 Å². The maximum Gasteiger partial charge on any atom is 0.323 e. The van der Waals surface area contributed by atoms with Gasteiger partial charge in [-0.05, 0) is 50.3 Å². The third kappa shape index (κ3) is 5.50. The van der Waals surface area contributed by atoms with Gasteiger partial charge in [0.2, 0.25) is 0 Å². The maximum atomic E-state index is 12.0. The van der Waals surface area contributed by atoms with E-state index in [1.54, 1.807) is 36.4 Å². The van der Waals surface area contributed by atoms with Crippen LogP contribution in [0.1, 0.15) is 19.4 Å². The Hall–Kier alpha value is -3.26. The van der Waals surface area contributed by atoms with Crippen molar-refractivity contribution in [1.29, 1.82) is 5.26 Å².